The molecule has 0 heterocycles. The highest BCUT2D eigenvalue weighted by molar-refractivity contribution is 6.04. The Hall–Kier alpha value is -0.545. The minimum atomic E-state index is -0.160. The lowest BCUT2D eigenvalue weighted by Gasteiger charge is -2.34. The van der Waals surface area contributed by atoms with Crippen LogP contribution in [0.3, 0.4) is 0 Å². The number of likely N-dealkylation sites (N-methyl/N-ethyl adjacent to an activating group) is 1. The number of carbonyl (C=O) groups is 1. The Morgan fingerprint density at radius 1 is 1.25 bits per heavy atom. The standard InChI is InChI=1S/C15H32BNO3/c1-14(2,3)8-12(15(4,5)6)13(19)20-10-11(9-18)17(7)16/h11-12,18H,8-10,16H2,1-7H3. The average molecular weight is 285 g/mol. The highest BCUT2D eigenvalue weighted by atomic mass is 16.5. The molecule has 0 aromatic rings. The molecule has 0 bridgehead atoms. The van der Waals surface area contributed by atoms with Crippen LogP contribution in [-0.4, -0.2) is 50.2 Å². The van der Waals surface area contributed by atoms with E-state index in [9.17, 15) is 9.90 Å². The number of nitrogens with zero attached hydrogens (tertiary/aromatic N) is 1. The van der Waals surface area contributed by atoms with Crippen LogP contribution in [0.25, 0.3) is 0 Å². The number of ether oxygens (including phenoxy) is 1. The Morgan fingerprint density at radius 3 is 2.05 bits per heavy atom. The Labute approximate surface area is 125 Å². The number of esters is 1. The van der Waals surface area contributed by atoms with E-state index in [0.717, 1.165) is 6.42 Å². The number of carbonyl (C=O) groups excluding carboxylic acids is 1. The first-order valence-corrected chi connectivity index (χ1v) is 7.32. The van der Waals surface area contributed by atoms with E-state index < -0.39 is 0 Å². The maximum atomic E-state index is 12.4. The van der Waals surface area contributed by atoms with Gasteiger partial charge in [-0.25, -0.2) is 0 Å². The van der Waals surface area contributed by atoms with Crippen LogP contribution >= 0.6 is 0 Å². The minimum Gasteiger partial charge on any atom is -0.464 e. The van der Waals surface area contributed by atoms with Crippen molar-refractivity contribution in [2.75, 3.05) is 20.3 Å². The van der Waals surface area contributed by atoms with E-state index >= 15 is 0 Å². The van der Waals surface area contributed by atoms with Crippen molar-refractivity contribution in [3.63, 3.8) is 0 Å². The van der Waals surface area contributed by atoms with Crippen molar-refractivity contribution in [1.82, 2.24) is 4.81 Å². The summed E-state index contributed by atoms with van der Waals surface area (Å²) in [6, 6.07) is -0.144. The fraction of sp³-hybridized carbons (Fsp3) is 0.933. The molecular formula is C15H32BNO3. The van der Waals surface area contributed by atoms with Crippen LogP contribution in [0.4, 0.5) is 0 Å². The largest absolute Gasteiger partial charge is 0.464 e. The van der Waals surface area contributed by atoms with Crippen LogP contribution in [0.15, 0.2) is 0 Å². The number of aliphatic hydroxyl groups is 1. The monoisotopic (exact) mass is 285 g/mol. The molecule has 2 atom stereocenters. The molecular weight excluding hydrogens is 253 g/mol. The van der Waals surface area contributed by atoms with Crippen molar-refractivity contribution in [3.8, 4) is 0 Å². The van der Waals surface area contributed by atoms with Gasteiger partial charge in [-0.15, -0.1) is 0 Å². The van der Waals surface area contributed by atoms with Gasteiger partial charge in [-0.1, -0.05) is 41.5 Å². The van der Waals surface area contributed by atoms with E-state index in [0.29, 0.717) is 0 Å². The Morgan fingerprint density at radius 2 is 1.75 bits per heavy atom. The molecule has 0 aliphatic rings. The average Bonchev–Trinajstić information content (AvgIpc) is 2.23. The van der Waals surface area contributed by atoms with Gasteiger partial charge in [-0.3, -0.25) is 4.79 Å². The maximum absolute atomic E-state index is 12.4. The fourth-order valence-electron chi connectivity index (χ4n) is 2.00. The number of hydrogen-bond acceptors (Lipinski definition) is 4. The van der Waals surface area contributed by atoms with Gasteiger partial charge in [0.15, 0.2) is 7.98 Å². The minimum absolute atomic E-state index is 0.0142. The number of hydrogen-bond donors (Lipinski definition) is 1. The predicted molar refractivity (Wildman–Crippen MR) is 85.2 cm³/mol. The summed E-state index contributed by atoms with van der Waals surface area (Å²) in [5.41, 5.74) is -0.0495. The van der Waals surface area contributed by atoms with Gasteiger partial charge in [-0.05, 0) is 24.3 Å². The SMILES string of the molecule is BN(C)C(CO)COC(=O)C(CC(C)(C)C)C(C)(C)C. The highest BCUT2D eigenvalue weighted by Gasteiger charge is 2.36. The van der Waals surface area contributed by atoms with Crippen LogP contribution in [0.2, 0.25) is 0 Å². The van der Waals surface area contributed by atoms with Gasteiger partial charge in [0.1, 0.15) is 6.61 Å². The van der Waals surface area contributed by atoms with Gasteiger partial charge in [0.2, 0.25) is 0 Å². The molecule has 0 fully saturated rings. The normalized spacial score (nSPS) is 16.1. The molecule has 2 unspecified atom stereocenters. The van der Waals surface area contributed by atoms with E-state index in [4.69, 9.17) is 4.74 Å². The van der Waals surface area contributed by atoms with Crippen LogP contribution in [0.5, 0.6) is 0 Å². The maximum Gasteiger partial charge on any atom is 0.309 e. The molecule has 0 aromatic heterocycles. The second-order valence-electron chi connectivity index (χ2n) is 8.11. The zero-order chi connectivity index (χ0) is 16.1. The summed E-state index contributed by atoms with van der Waals surface area (Å²) in [5, 5.41) is 9.26. The lowest BCUT2D eigenvalue weighted by molar-refractivity contribution is -0.155. The van der Waals surface area contributed by atoms with Crippen molar-refractivity contribution < 1.29 is 14.6 Å². The summed E-state index contributed by atoms with van der Waals surface area (Å²) in [6.45, 7) is 12.8. The zero-order valence-electron chi connectivity index (χ0n) is 14.5. The second kappa shape index (κ2) is 7.46. The zero-order valence-corrected chi connectivity index (χ0v) is 14.5. The van der Waals surface area contributed by atoms with E-state index in [1.165, 1.54) is 0 Å². The Bertz CT molecular complexity index is 305. The molecule has 5 heteroatoms. The van der Waals surface area contributed by atoms with Gasteiger partial charge >= 0.3 is 5.97 Å². The van der Waals surface area contributed by atoms with Crippen molar-refractivity contribution in [2.45, 2.75) is 54.0 Å². The molecule has 118 valence electrons. The summed E-state index contributed by atoms with van der Waals surface area (Å²) in [5.74, 6) is -0.295. The lowest BCUT2D eigenvalue weighted by Crippen LogP contribution is -2.40. The number of aliphatic hydroxyl groups excluding tert-OH is 1. The molecule has 0 radical (unpaired) electrons. The van der Waals surface area contributed by atoms with Gasteiger partial charge in [0, 0.05) is 0 Å². The Kier molecular flexibility index (Phi) is 7.26. The van der Waals surface area contributed by atoms with Crippen LogP contribution < -0.4 is 0 Å². The molecule has 1 N–H and O–H groups in total. The van der Waals surface area contributed by atoms with Gasteiger partial charge in [0.05, 0.1) is 18.6 Å². The highest BCUT2D eigenvalue weighted by Crippen LogP contribution is 2.36. The van der Waals surface area contributed by atoms with Crippen molar-refractivity contribution in [2.24, 2.45) is 16.7 Å². The first kappa shape index (κ1) is 19.5. The molecule has 0 aliphatic carbocycles. The van der Waals surface area contributed by atoms with E-state index in [1.807, 2.05) is 19.8 Å². The smallest absolute Gasteiger partial charge is 0.309 e. The second-order valence-corrected chi connectivity index (χ2v) is 8.11. The summed E-state index contributed by atoms with van der Waals surface area (Å²) in [6.07, 6.45) is 0.793. The summed E-state index contributed by atoms with van der Waals surface area (Å²) in [7, 11) is 3.73. The molecule has 0 spiro atoms. The fourth-order valence-corrected chi connectivity index (χ4v) is 2.00. The molecule has 4 nitrogen and oxygen atoms in total. The first-order chi connectivity index (χ1) is 8.88. The molecule has 0 saturated carbocycles. The third-order valence-electron chi connectivity index (χ3n) is 3.51. The summed E-state index contributed by atoms with van der Waals surface area (Å²) >= 11 is 0. The van der Waals surface area contributed by atoms with Crippen molar-refractivity contribution >= 4 is 14.0 Å². The van der Waals surface area contributed by atoms with Crippen LogP contribution in [0, 0.1) is 16.7 Å². The quantitative estimate of drug-likeness (QED) is 0.593. The molecule has 0 aromatic carbocycles. The van der Waals surface area contributed by atoms with E-state index in [2.05, 4.69) is 41.5 Å². The summed E-state index contributed by atoms with van der Waals surface area (Å²) in [4.78, 5) is 14.3. The van der Waals surface area contributed by atoms with Gasteiger partial charge < -0.3 is 14.7 Å². The van der Waals surface area contributed by atoms with Gasteiger partial charge in [-0.2, -0.15) is 0 Å². The van der Waals surface area contributed by atoms with E-state index in [1.54, 1.807) is 0 Å². The predicted octanol–water partition coefficient (Wildman–Crippen LogP) is 1.47. The number of rotatable bonds is 6. The lowest BCUT2D eigenvalue weighted by atomic mass is 9.72. The van der Waals surface area contributed by atoms with E-state index in [-0.39, 0.29) is 42.0 Å². The van der Waals surface area contributed by atoms with Gasteiger partial charge in [0.25, 0.3) is 0 Å². The molecule has 0 rings (SSSR count). The first-order valence-electron chi connectivity index (χ1n) is 7.32. The molecule has 0 amide bonds. The molecule has 0 saturated heterocycles. The molecule has 0 aliphatic heterocycles. The topological polar surface area (TPSA) is 49.8 Å². The third-order valence-corrected chi connectivity index (χ3v) is 3.51. The summed E-state index contributed by atoms with van der Waals surface area (Å²) < 4.78 is 5.45. The van der Waals surface area contributed by atoms with Crippen LogP contribution in [-0.2, 0) is 9.53 Å². The third kappa shape index (κ3) is 7.29. The van der Waals surface area contributed by atoms with Crippen LogP contribution in [0.1, 0.15) is 48.0 Å². The molecule has 20 heavy (non-hydrogen) atoms. The van der Waals surface area contributed by atoms with Crippen molar-refractivity contribution in [3.05, 3.63) is 0 Å². The Balaban J connectivity index is 4.73. The van der Waals surface area contributed by atoms with Crippen molar-refractivity contribution in [1.29, 1.82) is 0 Å².